The van der Waals surface area contributed by atoms with Crippen molar-refractivity contribution in [1.29, 1.82) is 0 Å². The van der Waals surface area contributed by atoms with Gasteiger partial charge in [0, 0.05) is 19.1 Å². The number of hydrogen-bond donors (Lipinski definition) is 1. The highest BCUT2D eigenvalue weighted by Crippen LogP contribution is 2.28. The van der Waals surface area contributed by atoms with Crippen LogP contribution >= 0.6 is 12.4 Å². The minimum Gasteiger partial charge on any atom is -0.375 e. The third kappa shape index (κ3) is 5.39. The smallest absolute Gasteiger partial charge is 0.226 e. The van der Waals surface area contributed by atoms with Crippen molar-refractivity contribution in [2.75, 3.05) is 13.1 Å². The number of nitrogens with two attached hydrogens (primary N) is 1. The van der Waals surface area contributed by atoms with Crippen molar-refractivity contribution in [3.63, 3.8) is 0 Å². The van der Waals surface area contributed by atoms with Gasteiger partial charge in [-0.2, -0.15) is 0 Å². The number of likely N-dealkylation sites (tertiary alicyclic amines) is 1. The van der Waals surface area contributed by atoms with Crippen molar-refractivity contribution in [3.05, 3.63) is 0 Å². The third-order valence-electron chi connectivity index (χ3n) is 5.28. The van der Waals surface area contributed by atoms with Gasteiger partial charge in [-0.05, 0) is 51.4 Å². The fourth-order valence-electron chi connectivity index (χ4n) is 3.36. The number of amides is 1. The van der Waals surface area contributed by atoms with E-state index in [-0.39, 0.29) is 30.3 Å². The number of carbonyl (C=O) groups excluding carboxylic acids is 1. The lowest BCUT2D eigenvalue weighted by atomic mass is 9.88. The maximum absolute atomic E-state index is 12.3. The molecule has 2 unspecified atom stereocenters. The summed E-state index contributed by atoms with van der Waals surface area (Å²) < 4.78 is 6.25. The zero-order chi connectivity index (χ0) is 15.4. The van der Waals surface area contributed by atoms with Gasteiger partial charge in [0.2, 0.25) is 5.91 Å². The van der Waals surface area contributed by atoms with Gasteiger partial charge in [0.15, 0.2) is 0 Å². The molecule has 22 heavy (non-hydrogen) atoms. The molecule has 1 aliphatic heterocycles. The molecule has 5 heteroatoms. The van der Waals surface area contributed by atoms with E-state index in [2.05, 4.69) is 6.92 Å². The van der Waals surface area contributed by atoms with E-state index in [1.165, 1.54) is 25.7 Å². The van der Waals surface area contributed by atoms with Crippen LogP contribution in [0.5, 0.6) is 0 Å². The number of ether oxygens (including phenoxy) is 1. The van der Waals surface area contributed by atoms with Crippen molar-refractivity contribution >= 4 is 18.3 Å². The van der Waals surface area contributed by atoms with Crippen LogP contribution in [0.4, 0.5) is 0 Å². The summed E-state index contributed by atoms with van der Waals surface area (Å²) >= 11 is 0. The molecular formula is C17H33ClN2O2. The second kappa shape index (κ2) is 9.09. The normalized spacial score (nSPS) is 29.5. The average Bonchev–Trinajstić information content (AvgIpc) is 2.49. The van der Waals surface area contributed by atoms with Crippen LogP contribution in [0, 0.1) is 11.8 Å². The molecule has 0 bridgehead atoms. The summed E-state index contributed by atoms with van der Waals surface area (Å²) in [6.07, 6.45) is 7.77. The minimum atomic E-state index is -0.0812. The molecule has 1 aliphatic carbocycles. The number of carbonyl (C=O) groups is 1. The lowest BCUT2D eigenvalue weighted by Crippen LogP contribution is -2.47. The zero-order valence-corrected chi connectivity index (χ0v) is 15.1. The summed E-state index contributed by atoms with van der Waals surface area (Å²) in [5, 5.41) is 0. The van der Waals surface area contributed by atoms with Crippen LogP contribution in [0.1, 0.15) is 59.3 Å². The molecule has 0 spiro atoms. The van der Waals surface area contributed by atoms with E-state index in [0.717, 1.165) is 31.8 Å². The second-order valence-electron chi connectivity index (χ2n) is 7.19. The Hall–Kier alpha value is -0.320. The van der Waals surface area contributed by atoms with E-state index in [9.17, 15) is 4.79 Å². The average molecular weight is 333 g/mol. The van der Waals surface area contributed by atoms with Gasteiger partial charge in [0.1, 0.15) is 0 Å². The quantitative estimate of drug-likeness (QED) is 0.861. The Morgan fingerprint density at radius 3 is 2.05 bits per heavy atom. The Labute approximate surface area is 141 Å². The molecule has 1 heterocycles. The minimum absolute atomic E-state index is 0. The Balaban J connectivity index is 0.00000242. The molecule has 130 valence electrons. The van der Waals surface area contributed by atoms with Gasteiger partial charge in [0.05, 0.1) is 18.1 Å². The molecule has 2 aliphatic rings. The molecule has 0 aromatic heterocycles. The number of halogens is 1. The molecule has 0 aromatic rings. The van der Waals surface area contributed by atoms with Crippen molar-refractivity contribution in [2.24, 2.45) is 17.6 Å². The fourth-order valence-corrected chi connectivity index (χ4v) is 3.36. The molecule has 0 radical (unpaired) electrons. The highest BCUT2D eigenvalue weighted by molar-refractivity contribution is 5.85. The van der Waals surface area contributed by atoms with Gasteiger partial charge in [-0.15, -0.1) is 12.4 Å². The summed E-state index contributed by atoms with van der Waals surface area (Å²) in [6, 6.07) is -0.0734. The van der Waals surface area contributed by atoms with Crippen LogP contribution in [-0.4, -0.2) is 42.1 Å². The van der Waals surface area contributed by atoms with E-state index < -0.39 is 0 Å². The van der Waals surface area contributed by atoms with E-state index >= 15 is 0 Å². The van der Waals surface area contributed by atoms with Crippen molar-refractivity contribution in [1.82, 2.24) is 4.90 Å². The van der Waals surface area contributed by atoms with Gasteiger partial charge in [-0.1, -0.05) is 13.8 Å². The molecule has 0 aromatic carbocycles. The van der Waals surface area contributed by atoms with Crippen LogP contribution in [0.15, 0.2) is 0 Å². The second-order valence-corrected chi connectivity index (χ2v) is 7.19. The Kier molecular flexibility index (Phi) is 8.15. The molecule has 1 saturated heterocycles. The van der Waals surface area contributed by atoms with Crippen molar-refractivity contribution in [3.8, 4) is 0 Å². The van der Waals surface area contributed by atoms with Gasteiger partial charge < -0.3 is 15.4 Å². The Morgan fingerprint density at radius 2 is 1.55 bits per heavy atom. The van der Waals surface area contributed by atoms with Gasteiger partial charge in [-0.25, -0.2) is 0 Å². The third-order valence-corrected chi connectivity index (χ3v) is 5.28. The van der Waals surface area contributed by atoms with Crippen LogP contribution in [-0.2, 0) is 9.53 Å². The molecule has 2 atom stereocenters. The zero-order valence-electron chi connectivity index (χ0n) is 14.3. The first kappa shape index (κ1) is 19.7. The Bertz CT molecular complexity index is 336. The molecule has 2 N–H and O–H groups in total. The van der Waals surface area contributed by atoms with Gasteiger partial charge in [-0.3, -0.25) is 4.79 Å². The number of hydrogen-bond acceptors (Lipinski definition) is 3. The maximum Gasteiger partial charge on any atom is 0.226 e. The summed E-state index contributed by atoms with van der Waals surface area (Å²) in [5.74, 6) is 0.987. The highest BCUT2D eigenvalue weighted by atomic mass is 35.5. The molecule has 2 rings (SSSR count). The number of nitrogens with zero attached hydrogens (tertiary/aromatic N) is 1. The van der Waals surface area contributed by atoms with Crippen molar-refractivity contribution < 1.29 is 9.53 Å². The SMILES string of the molecule is CC1CCC(OC2CCN(C(=O)C(C)C(C)N)CC2)CC1.Cl. The molecule has 2 fully saturated rings. The van der Waals surface area contributed by atoms with Gasteiger partial charge in [0.25, 0.3) is 0 Å². The Morgan fingerprint density at radius 1 is 1.05 bits per heavy atom. The lowest BCUT2D eigenvalue weighted by molar-refractivity contribution is -0.139. The van der Waals surface area contributed by atoms with E-state index in [0.29, 0.717) is 12.2 Å². The largest absolute Gasteiger partial charge is 0.375 e. The standard InChI is InChI=1S/C17H32N2O2.ClH/c1-12-4-6-15(7-5-12)21-16-8-10-19(11-9-16)17(20)13(2)14(3)18;/h12-16H,4-11,18H2,1-3H3;1H. The molecular weight excluding hydrogens is 300 g/mol. The first-order valence-corrected chi connectivity index (χ1v) is 8.67. The monoisotopic (exact) mass is 332 g/mol. The van der Waals surface area contributed by atoms with E-state index in [4.69, 9.17) is 10.5 Å². The summed E-state index contributed by atoms with van der Waals surface area (Å²) in [6.45, 7) is 7.81. The fraction of sp³-hybridized carbons (Fsp3) is 0.941. The lowest BCUT2D eigenvalue weighted by Gasteiger charge is -2.37. The maximum atomic E-state index is 12.3. The van der Waals surface area contributed by atoms with Crippen LogP contribution in [0.3, 0.4) is 0 Å². The predicted octanol–water partition coefficient (Wildman–Crippen LogP) is 2.98. The molecule has 4 nitrogen and oxygen atoms in total. The number of piperidine rings is 1. The van der Waals surface area contributed by atoms with E-state index in [1.54, 1.807) is 0 Å². The number of rotatable bonds is 4. The topological polar surface area (TPSA) is 55.6 Å². The summed E-state index contributed by atoms with van der Waals surface area (Å²) in [4.78, 5) is 14.2. The van der Waals surface area contributed by atoms with Crippen LogP contribution in [0.2, 0.25) is 0 Å². The highest BCUT2D eigenvalue weighted by Gasteiger charge is 2.29. The first-order valence-electron chi connectivity index (χ1n) is 8.67. The van der Waals surface area contributed by atoms with E-state index in [1.807, 2.05) is 18.7 Å². The van der Waals surface area contributed by atoms with Crippen LogP contribution in [0.25, 0.3) is 0 Å². The summed E-state index contributed by atoms with van der Waals surface area (Å²) in [5.41, 5.74) is 5.83. The van der Waals surface area contributed by atoms with Crippen LogP contribution < -0.4 is 5.73 Å². The predicted molar refractivity (Wildman–Crippen MR) is 92.2 cm³/mol. The van der Waals surface area contributed by atoms with Gasteiger partial charge >= 0.3 is 0 Å². The molecule has 1 saturated carbocycles. The first-order chi connectivity index (χ1) is 9.97. The summed E-state index contributed by atoms with van der Waals surface area (Å²) in [7, 11) is 0. The molecule has 1 amide bonds. The van der Waals surface area contributed by atoms with Crippen molar-refractivity contribution in [2.45, 2.75) is 77.5 Å².